The molecule has 1 heterocycles. The van der Waals surface area contributed by atoms with E-state index in [1.54, 1.807) is 24.3 Å². The van der Waals surface area contributed by atoms with Crippen LogP contribution in [0.3, 0.4) is 0 Å². The average molecular weight is 399 g/mol. The Labute approximate surface area is 165 Å². The van der Waals surface area contributed by atoms with Crippen LogP contribution in [-0.4, -0.2) is 42.5 Å². The second-order valence-corrected chi connectivity index (χ2v) is 6.06. The summed E-state index contributed by atoms with van der Waals surface area (Å²) in [6, 6.07) is 12.1. The lowest BCUT2D eigenvalue weighted by molar-refractivity contribution is -0.384. The summed E-state index contributed by atoms with van der Waals surface area (Å²) in [7, 11) is 0. The SMILES string of the molecule is O=C(COC(=O)CN1C(=O)CCOc2ccccc21)Nc1ccc([N+](=O)[O-])cc1. The number of fused-ring (bicyclic) bond motifs is 1. The first-order valence-electron chi connectivity index (χ1n) is 8.66. The number of ether oxygens (including phenoxy) is 2. The van der Waals surface area contributed by atoms with Crippen LogP contribution in [0.2, 0.25) is 0 Å². The van der Waals surface area contributed by atoms with Gasteiger partial charge in [0.05, 0.1) is 23.6 Å². The van der Waals surface area contributed by atoms with Crippen molar-refractivity contribution in [3.05, 3.63) is 58.6 Å². The molecule has 0 aromatic heterocycles. The monoisotopic (exact) mass is 399 g/mol. The fourth-order valence-corrected chi connectivity index (χ4v) is 2.68. The largest absolute Gasteiger partial charge is 0.491 e. The fourth-order valence-electron chi connectivity index (χ4n) is 2.68. The van der Waals surface area contributed by atoms with Crippen LogP contribution in [0.5, 0.6) is 5.75 Å². The summed E-state index contributed by atoms with van der Waals surface area (Å²) in [5.74, 6) is -1.17. The van der Waals surface area contributed by atoms with E-state index in [-0.39, 0.29) is 31.2 Å². The Hall–Kier alpha value is -3.95. The zero-order chi connectivity index (χ0) is 20.8. The number of nitrogens with one attached hydrogen (secondary N) is 1. The number of non-ortho nitro benzene ring substituents is 1. The molecule has 2 amide bonds. The van der Waals surface area contributed by atoms with E-state index in [1.165, 1.54) is 29.2 Å². The number of carbonyl (C=O) groups is 3. The van der Waals surface area contributed by atoms with Crippen LogP contribution in [0.15, 0.2) is 48.5 Å². The van der Waals surface area contributed by atoms with Gasteiger partial charge in [-0.15, -0.1) is 0 Å². The van der Waals surface area contributed by atoms with Crippen molar-refractivity contribution in [3.63, 3.8) is 0 Å². The highest BCUT2D eigenvalue weighted by Gasteiger charge is 2.25. The Morgan fingerprint density at radius 1 is 1.17 bits per heavy atom. The first kappa shape index (κ1) is 19.8. The molecule has 29 heavy (non-hydrogen) atoms. The maximum absolute atomic E-state index is 12.3. The summed E-state index contributed by atoms with van der Waals surface area (Å²) >= 11 is 0. The first-order valence-corrected chi connectivity index (χ1v) is 8.66. The standard InChI is InChI=1S/C19H17N3O7/c23-17(20-13-5-7-14(8-6-13)22(26)27)12-29-19(25)11-21-15-3-1-2-4-16(15)28-10-9-18(21)24/h1-8H,9-12H2,(H,20,23). The number of benzene rings is 2. The third-order valence-corrected chi connectivity index (χ3v) is 4.04. The molecule has 1 aliphatic heterocycles. The summed E-state index contributed by atoms with van der Waals surface area (Å²) in [6.07, 6.45) is 0.114. The van der Waals surface area contributed by atoms with Crippen molar-refractivity contribution in [2.45, 2.75) is 6.42 Å². The third-order valence-electron chi connectivity index (χ3n) is 4.04. The number of hydrogen-bond donors (Lipinski definition) is 1. The van der Waals surface area contributed by atoms with Crippen molar-refractivity contribution in [2.75, 3.05) is 30.0 Å². The number of nitrogens with zero attached hydrogens (tertiary/aromatic N) is 2. The molecule has 0 saturated heterocycles. The number of amides is 2. The zero-order valence-corrected chi connectivity index (χ0v) is 15.2. The van der Waals surface area contributed by atoms with E-state index < -0.39 is 23.4 Å². The lowest BCUT2D eigenvalue weighted by Crippen LogP contribution is -2.36. The van der Waals surface area contributed by atoms with E-state index in [1.807, 2.05) is 0 Å². The van der Waals surface area contributed by atoms with Gasteiger partial charge >= 0.3 is 5.97 Å². The summed E-state index contributed by atoms with van der Waals surface area (Å²) < 4.78 is 10.4. The second-order valence-electron chi connectivity index (χ2n) is 6.06. The van der Waals surface area contributed by atoms with Crippen molar-refractivity contribution < 1.29 is 28.8 Å². The molecule has 0 radical (unpaired) electrons. The molecular formula is C19H17N3O7. The molecule has 0 spiro atoms. The highest BCUT2D eigenvalue weighted by molar-refractivity contribution is 6.00. The summed E-state index contributed by atoms with van der Waals surface area (Å²) in [6.45, 7) is -0.709. The van der Waals surface area contributed by atoms with Crippen molar-refractivity contribution in [1.29, 1.82) is 0 Å². The molecule has 0 fully saturated rings. The highest BCUT2D eigenvalue weighted by atomic mass is 16.6. The number of nitro groups is 1. The van der Waals surface area contributed by atoms with Gasteiger partial charge in [0.2, 0.25) is 5.91 Å². The molecule has 0 bridgehead atoms. The summed E-state index contributed by atoms with van der Waals surface area (Å²) in [5, 5.41) is 13.1. The third kappa shape index (κ3) is 5.06. The van der Waals surface area contributed by atoms with E-state index in [2.05, 4.69) is 5.32 Å². The summed E-state index contributed by atoms with van der Waals surface area (Å²) in [4.78, 5) is 47.7. The molecule has 2 aromatic carbocycles. The van der Waals surface area contributed by atoms with Crippen LogP contribution in [0.4, 0.5) is 17.1 Å². The highest BCUT2D eigenvalue weighted by Crippen LogP contribution is 2.30. The Morgan fingerprint density at radius 3 is 2.62 bits per heavy atom. The lowest BCUT2D eigenvalue weighted by atomic mass is 10.2. The van der Waals surface area contributed by atoms with Gasteiger partial charge in [0.1, 0.15) is 12.3 Å². The van der Waals surface area contributed by atoms with Gasteiger partial charge in [0.25, 0.3) is 11.6 Å². The molecule has 1 N–H and O–H groups in total. The van der Waals surface area contributed by atoms with E-state index in [0.717, 1.165) is 0 Å². The van der Waals surface area contributed by atoms with Crippen LogP contribution in [-0.2, 0) is 19.1 Å². The number of rotatable bonds is 6. The summed E-state index contributed by atoms with van der Waals surface area (Å²) in [5.41, 5.74) is 0.675. The molecular weight excluding hydrogens is 382 g/mol. The fraction of sp³-hybridized carbons (Fsp3) is 0.211. The average Bonchev–Trinajstić information content (AvgIpc) is 2.86. The number of esters is 1. The van der Waals surface area contributed by atoms with E-state index in [9.17, 15) is 24.5 Å². The lowest BCUT2D eigenvalue weighted by Gasteiger charge is -2.20. The Bertz CT molecular complexity index is 943. The first-order chi connectivity index (χ1) is 13.9. The number of carbonyl (C=O) groups excluding carboxylic acids is 3. The van der Waals surface area contributed by atoms with Gasteiger partial charge in [-0.1, -0.05) is 12.1 Å². The van der Waals surface area contributed by atoms with Gasteiger partial charge in [-0.3, -0.25) is 29.4 Å². The van der Waals surface area contributed by atoms with Crippen LogP contribution in [0, 0.1) is 10.1 Å². The maximum atomic E-state index is 12.3. The van der Waals surface area contributed by atoms with E-state index >= 15 is 0 Å². The van der Waals surface area contributed by atoms with E-state index in [0.29, 0.717) is 17.1 Å². The van der Waals surface area contributed by atoms with Crippen LogP contribution >= 0.6 is 0 Å². The Kier molecular flexibility index (Phi) is 6.03. The quantitative estimate of drug-likeness (QED) is 0.446. The maximum Gasteiger partial charge on any atom is 0.326 e. The number of nitro benzene ring substituents is 1. The van der Waals surface area contributed by atoms with Gasteiger partial charge in [0.15, 0.2) is 6.61 Å². The van der Waals surface area contributed by atoms with Crippen molar-refractivity contribution in [2.24, 2.45) is 0 Å². The van der Waals surface area contributed by atoms with Gasteiger partial charge in [-0.2, -0.15) is 0 Å². The predicted octanol–water partition coefficient (Wildman–Crippen LogP) is 1.89. The minimum absolute atomic E-state index is 0.110. The molecule has 3 rings (SSSR count). The number of para-hydroxylation sites is 2. The van der Waals surface area contributed by atoms with Crippen molar-refractivity contribution in [1.82, 2.24) is 0 Å². The molecule has 0 atom stereocenters. The number of hydrogen-bond acceptors (Lipinski definition) is 7. The zero-order valence-electron chi connectivity index (χ0n) is 15.2. The molecule has 150 valence electrons. The van der Waals surface area contributed by atoms with Crippen LogP contribution in [0.25, 0.3) is 0 Å². The van der Waals surface area contributed by atoms with Gasteiger partial charge in [0, 0.05) is 17.8 Å². The van der Waals surface area contributed by atoms with Crippen LogP contribution < -0.4 is 15.0 Å². The molecule has 1 aliphatic rings. The predicted molar refractivity (Wildman–Crippen MR) is 102 cm³/mol. The van der Waals surface area contributed by atoms with E-state index in [4.69, 9.17) is 9.47 Å². The second kappa shape index (κ2) is 8.83. The minimum atomic E-state index is -0.756. The van der Waals surface area contributed by atoms with Crippen molar-refractivity contribution >= 4 is 34.8 Å². The Balaban J connectivity index is 1.54. The molecule has 2 aromatic rings. The Morgan fingerprint density at radius 2 is 1.90 bits per heavy atom. The smallest absolute Gasteiger partial charge is 0.326 e. The van der Waals surface area contributed by atoms with Crippen molar-refractivity contribution in [3.8, 4) is 5.75 Å². The minimum Gasteiger partial charge on any atom is -0.491 e. The van der Waals surface area contributed by atoms with Gasteiger partial charge in [-0.05, 0) is 24.3 Å². The normalized spacial score (nSPS) is 13.0. The molecule has 0 aliphatic carbocycles. The van der Waals surface area contributed by atoms with Gasteiger partial charge < -0.3 is 14.8 Å². The number of anilines is 2. The molecule has 0 unspecified atom stereocenters. The van der Waals surface area contributed by atoms with Crippen LogP contribution in [0.1, 0.15) is 6.42 Å². The topological polar surface area (TPSA) is 128 Å². The van der Waals surface area contributed by atoms with Gasteiger partial charge in [-0.25, -0.2) is 0 Å². The molecule has 10 nitrogen and oxygen atoms in total. The molecule has 0 saturated carbocycles. The molecule has 10 heteroatoms.